The fourth-order valence-corrected chi connectivity index (χ4v) is 3.61. The van der Waals surface area contributed by atoms with Gasteiger partial charge in [-0.15, -0.1) is 0 Å². The van der Waals surface area contributed by atoms with Crippen molar-refractivity contribution in [3.8, 4) is 5.69 Å². The second-order valence-electron chi connectivity index (χ2n) is 7.99. The molecular formula is C25H28N4O. The summed E-state index contributed by atoms with van der Waals surface area (Å²) < 4.78 is 1.92. The van der Waals surface area contributed by atoms with E-state index in [9.17, 15) is 4.79 Å². The molecule has 1 aromatic heterocycles. The average molecular weight is 401 g/mol. The number of nitrogens with one attached hydrogen (secondary N) is 1. The van der Waals surface area contributed by atoms with Crippen molar-refractivity contribution in [1.29, 1.82) is 0 Å². The van der Waals surface area contributed by atoms with Gasteiger partial charge in [-0.2, -0.15) is 5.10 Å². The lowest BCUT2D eigenvalue weighted by atomic mass is 10.0. The van der Waals surface area contributed by atoms with Crippen LogP contribution in [0.25, 0.3) is 11.3 Å². The maximum atomic E-state index is 12.3. The number of carbonyl (C=O) groups excluding carboxylic acids is 1. The first-order chi connectivity index (χ1) is 14.6. The van der Waals surface area contributed by atoms with E-state index < -0.39 is 0 Å². The van der Waals surface area contributed by atoms with Crippen LogP contribution in [0.3, 0.4) is 0 Å². The molecule has 0 fully saturated rings. The number of hydrogen-bond acceptors (Lipinski definition) is 3. The fourth-order valence-electron chi connectivity index (χ4n) is 3.61. The number of nitrogens with zero attached hydrogens (tertiary/aromatic N) is 3. The highest BCUT2D eigenvalue weighted by Crippen LogP contribution is 2.23. The molecule has 0 saturated heterocycles. The second kappa shape index (κ2) is 9.09. The van der Waals surface area contributed by atoms with Crippen LogP contribution in [0.4, 0.5) is 0 Å². The topological polar surface area (TPSA) is 50.2 Å². The summed E-state index contributed by atoms with van der Waals surface area (Å²) in [7, 11) is 0. The number of hydrogen-bond donors (Lipinski definition) is 1. The molecule has 1 N–H and O–H groups in total. The number of carbonyl (C=O) groups is 1. The van der Waals surface area contributed by atoms with Crippen molar-refractivity contribution in [3.05, 3.63) is 89.3 Å². The van der Waals surface area contributed by atoms with Crippen molar-refractivity contribution in [2.45, 2.75) is 26.8 Å². The summed E-state index contributed by atoms with van der Waals surface area (Å²) in [4.78, 5) is 14.5. The van der Waals surface area contributed by atoms with Gasteiger partial charge in [0.25, 0.3) is 0 Å². The molecule has 0 radical (unpaired) electrons. The van der Waals surface area contributed by atoms with E-state index in [0.29, 0.717) is 13.1 Å². The summed E-state index contributed by atoms with van der Waals surface area (Å²) in [5.74, 6) is 0.0691. The SMILES string of the molecule is Cc1ccc(CNC(=O)CN2CC=C(c3cnn(-c4ccc(C)cc4)c3)CC2)cc1. The Morgan fingerprint density at radius 1 is 1.03 bits per heavy atom. The summed E-state index contributed by atoms with van der Waals surface area (Å²) in [6.45, 7) is 6.81. The molecule has 1 amide bonds. The minimum absolute atomic E-state index is 0.0691. The van der Waals surface area contributed by atoms with Gasteiger partial charge in [-0.25, -0.2) is 4.68 Å². The molecule has 5 heteroatoms. The molecule has 30 heavy (non-hydrogen) atoms. The molecule has 3 aromatic rings. The first-order valence-corrected chi connectivity index (χ1v) is 10.4. The Bertz CT molecular complexity index is 1030. The Kier molecular flexibility index (Phi) is 6.10. The van der Waals surface area contributed by atoms with E-state index in [1.54, 1.807) is 0 Å². The van der Waals surface area contributed by atoms with Crippen molar-refractivity contribution in [1.82, 2.24) is 20.0 Å². The molecule has 0 aliphatic carbocycles. The van der Waals surface area contributed by atoms with Gasteiger partial charge in [-0.3, -0.25) is 9.69 Å². The summed E-state index contributed by atoms with van der Waals surface area (Å²) in [6.07, 6.45) is 7.15. The van der Waals surface area contributed by atoms with Gasteiger partial charge in [0.2, 0.25) is 5.91 Å². The van der Waals surface area contributed by atoms with E-state index in [1.165, 1.54) is 16.7 Å². The van der Waals surface area contributed by atoms with Crippen LogP contribution in [0.1, 0.15) is 28.7 Å². The second-order valence-corrected chi connectivity index (χ2v) is 7.99. The van der Waals surface area contributed by atoms with Gasteiger partial charge in [0.1, 0.15) is 0 Å². The summed E-state index contributed by atoms with van der Waals surface area (Å²) in [6, 6.07) is 16.6. The molecule has 1 aliphatic heterocycles. The van der Waals surface area contributed by atoms with Gasteiger partial charge >= 0.3 is 0 Å². The van der Waals surface area contributed by atoms with E-state index in [-0.39, 0.29) is 5.91 Å². The van der Waals surface area contributed by atoms with Crippen LogP contribution >= 0.6 is 0 Å². The van der Waals surface area contributed by atoms with E-state index >= 15 is 0 Å². The molecule has 0 unspecified atom stereocenters. The standard InChI is InChI=1S/C25H28N4O/c1-19-3-7-21(8-4-19)15-26-25(30)18-28-13-11-22(12-14-28)23-16-27-29(17-23)24-9-5-20(2)6-10-24/h3-11,16-17H,12-15,18H2,1-2H3,(H,26,30). The highest BCUT2D eigenvalue weighted by molar-refractivity contribution is 5.78. The normalized spacial score (nSPS) is 14.4. The van der Waals surface area contributed by atoms with Gasteiger partial charge < -0.3 is 5.32 Å². The van der Waals surface area contributed by atoms with E-state index in [2.05, 4.69) is 90.0 Å². The van der Waals surface area contributed by atoms with E-state index in [4.69, 9.17) is 0 Å². The number of aromatic nitrogens is 2. The Balaban J connectivity index is 1.29. The van der Waals surface area contributed by atoms with E-state index in [1.807, 2.05) is 10.9 Å². The van der Waals surface area contributed by atoms with Crippen LogP contribution in [0.15, 0.2) is 67.0 Å². The molecular weight excluding hydrogens is 372 g/mol. The molecule has 5 nitrogen and oxygen atoms in total. The maximum absolute atomic E-state index is 12.3. The predicted molar refractivity (Wildman–Crippen MR) is 120 cm³/mol. The Hall–Kier alpha value is -3.18. The lowest BCUT2D eigenvalue weighted by Gasteiger charge is -2.25. The van der Waals surface area contributed by atoms with Gasteiger partial charge in [0, 0.05) is 31.4 Å². The fraction of sp³-hybridized carbons (Fsp3) is 0.280. The monoisotopic (exact) mass is 400 g/mol. The van der Waals surface area contributed by atoms with Crippen LogP contribution < -0.4 is 5.32 Å². The smallest absolute Gasteiger partial charge is 0.234 e. The lowest BCUT2D eigenvalue weighted by Crippen LogP contribution is -2.39. The van der Waals surface area contributed by atoms with Crippen LogP contribution in [-0.4, -0.2) is 40.2 Å². The molecule has 1 aliphatic rings. The van der Waals surface area contributed by atoms with Gasteiger partial charge in [0.15, 0.2) is 0 Å². The predicted octanol–water partition coefficient (Wildman–Crippen LogP) is 3.89. The first-order valence-electron chi connectivity index (χ1n) is 10.4. The highest BCUT2D eigenvalue weighted by atomic mass is 16.2. The van der Waals surface area contributed by atoms with Crippen LogP contribution in [0.5, 0.6) is 0 Å². The van der Waals surface area contributed by atoms with E-state index in [0.717, 1.165) is 36.3 Å². The minimum atomic E-state index is 0.0691. The third kappa shape index (κ3) is 5.05. The van der Waals surface area contributed by atoms with Crippen molar-refractivity contribution in [2.24, 2.45) is 0 Å². The Morgan fingerprint density at radius 2 is 1.73 bits per heavy atom. The zero-order chi connectivity index (χ0) is 20.9. The summed E-state index contributed by atoms with van der Waals surface area (Å²) in [5.41, 5.74) is 7.11. The molecule has 2 heterocycles. The Labute approximate surface area is 178 Å². The van der Waals surface area contributed by atoms with Crippen LogP contribution in [0.2, 0.25) is 0 Å². The molecule has 0 saturated carbocycles. The molecule has 0 atom stereocenters. The lowest BCUT2D eigenvalue weighted by molar-refractivity contribution is -0.122. The largest absolute Gasteiger partial charge is 0.351 e. The maximum Gasteiger partial charge on any atom is 0.234 e. The van der Waals surface area contributed by atoms with Crippen molar-refractivity contribution < 1.29 is 4.79 Å². The highest BCUT2D eigenvalue weighted by Gasteiger charge is 2.16. The van der Waals surface area contributed by atoms with Gasteiger partial charge in [-0.1, -0.05) is 53.6 Å². The number of benzene rings is 2. The summed E-state index contributed by atoms with van der Waals surface area (Å²) >= 11 is 0. The molecule has 0 spiro atoms. The molecule has 154 valence electrons. The molecule has 0 bridgehead atoms. The van der Waals surface area contributed by atoms with Crippen LogP contribution in [0, 0.1) is 13.8 Å². The van der Waals surface area contributed by atoms with Crippen molar-refractivity contribution in [3.63, 3.8) is 0 Å². The van der Waals surface area contributed by atoms with Crippen molar-refractivity contribution >= 4 is 11.5 Å². The number of rotatable bonds is 6. The number of amides is 1. The third-order valence-electron chi connectivity index (χ3n) is 5.52. The average Bonchev–Trinajstić information content (AvgIpc) is 3.25. The number of aryl methyl sites for hydroxylation is 2. The van der Waals surface area contributed by atoms with Crippen molar-refractivity contribution in [2.75, 3.05) is 19.6 Å². The zero-order valence-electron chi connectivity index (χ0n) is 17.6. The summed E-state index contributed by atoms with van der Waals surface area (Å²) in [5, 5.41) is 7.53. The minimum Gasteiger partial charge on any atom is -0.351 e. The third-order valence-corrected chi connectivity index (χ3v) is 5.52. The quantitative estimate of drug-likeness (QED) is 0.683. The first kappa shape index (κ1) is 20.1. The zero-order valence-corrected chi connectivity index (χ0v) is 17.6. The van der Waals surface area contributed by atoms with Gasteiger partial charge in [0.05, 0.1) is 18.4 Å². The molecule has 4 rings (SSSR count). The Morgan fingerprint density at radius 3 is 2.40 bits per heavy atom. The van der Waals surface area contributed by atoms with Crippen LogP contribution in [-0.2, 0) is 11.3 Å². The molecule has 2 aromatic carbocycles. The van der Waals surface area contributed by atoms with Gasteiger partial charge in [-0.05, 0) is 43.5 Å².